The Bertz CT molecular complexity index is 539. The summed E-state index contributed by atoms with van der Waals surface area (Å²) in [6.45, 7) is -0.0289. The van der Waals surface area contributed by atoms with Gasteiger partial charge in [0, 0.05) is 6.54 Å². The Labute approximate surface area is 108 Å². The quantitative estimate of drug-likeness (QED) is 0.546. The van der Waals surface area contributed by atoms with Crippen LogP contribution in [-0.2, 0) is 10.0 Å². The average Bonchev–Trinajstić information content (AvgIpc) is 2.68. The third-order valence-corrected chi connectivity index (χ3v) is 5.64. The number of aryl methyl sites for hydroxylation is 1. The molecule has 102 valence electrons. The van der Waals surface area contributed by atoms with E-state index in [0.717, 1.165) is 0 Å². The number of nitrogens with two attached hydrogens (primary N) is 1. The highest BCUT2D eigenvalue weighted by atomic mass is 32.2. The SMILES string of the molecule is Cc1nc(C(N)=O)sc1S(=O)(=O)N(CO)CCO. The molecular formula is C8H13N3O5S2. The molecule has 1 heterocycles. The fourth-order valence-corrected chi connectivity index (χ4v) is 3.98. The molecule has 0 aromatic carbocycles. The zero-order valence-electron chi connectivity index (χ0n) is 9.53. The predicted octanol–water partition coefficient (Wildman–Crippen LogP) is -1.52. The third-order valence-electron chi connectivity index (χ3n) is 2.05. The Kier molecular flexibility index (Phi) is 4.76. The van der Waals surface area contributed by atoms with Gasteiger partial charge in [-0.15, -0.1) is 0 Å². The number of carbonyl (C=O) groups is 1. The summed E-state index contributed by atoms with van der Waals surface area (Å²) in [5.74, 6) is -0.817. The zero-order chi connectivity index (χ0) is 13.9. The normalized spacial score (nSPS) is 12.0. The number of aromatic nitrogens is 1. The van der Waals surface area contributed by atoms with Gasteiger partial charge >= 0.3 is 0 Å². The molecule has 0 unspecified atom stereocenters. The Morgan fingerprint density at radius 2 is 2.11 bits per heavy atom. The van der Waals surface area contributed by atoms with Crippen LogP contribution in [0.4, 0.5) is 0 Å². The topological polar surface area (TPSA) is 134 Å². The van der Waals surface area contributed by atoms with Crippen LogP contribution in [0.3, 0.4) is 0 Å². The lowest BCUT2D eigenvalue weighted by Crippen LogP contribution is -2.34. The standard InChI is InChI=1S/C8H13N3O5S2/c1-5-8(17-7(10-5)6(9)14)18(15,16)11(4-13)2-3-12/h12-13H,2-4H2,1H3,(H2,9,14). The van der Waals surface area contributed by atoms with Crippen LogP contribution in [0.5, 0.6) is 0 Å². The van der Waals surface area contributed by atoms with Crippen LogP contribution in [0.2, 0.25) is 0 Å². The number of aliphatic hydroxyl groups is 2. The lowest BCUT2D eigenvalue weighted by atomic mass is 10.6. The molecule has 4 N–H and O–H groups in total. The van der Waals surface area contributed by atoms with Gasteiger partial charge in [-0.25, -0.2) is 13.4 Å². The monoisotopic (exact) mass is 295 g/mol. The van der Waals surface area contributed by atoms with Crippen LogP contribution in [0.15, 0.2) is 4.21 Å². The average molecular weight is 295 g/mol. The molecule has 0 aliphatic rings. The summed E-state index contributed by atoms with van der Waals surface area (Å²) in [4.78, 5) is 14.7. The Morgan fingerprint density at radius 3 is 2.50 bits per heavy atom. The van der Waals surface area contributed by atoms with Gasteiger partial charge in [0.15, 0.2) is 9.22 Å². The Balaban J connectivity index is 3.23. The lowest BCUT2D eigenvalue weighted by molar-refractivity contribution is 0.0999. The first-order chi connectivity index (χ1) is 8.34. The molecule has 1 aromatic heterocycles. The number of thiazole rings is 1. The first-order valence-electron chi connectivity index (χ1n) is 4.83. The van der Waals surface area contributed by atoms with E-state index < -0.39 is 29.3 Å². The number of carbonyl (C=O) groups excluding carboxylic acids is 1. The molecule has 8 nitrogen and oxygen atoms in total. The van der Waals surface area contributed by atoms with Crippen LogP contribution >= 0.6 is 11.3 Å². The number of amides is 1. The summed E-state index contributed by atoms with van der Waals surface area (Å²) in [6.07, 6.45) is 0. The predicted molar refractivity (Wildman–Crippen MR) is 63.4 cm³/mol. The minimum Gasteiger partial charge on any atom is -0.395 e. The molecule has 1 aromatic rings. The molecule has 0 aliphatic carbocycles. The van der Waals surface area contributed by atoms with Gasteiger partial charge in [0.25, 0.3) is 15.9 Å². The number of sulfonamides is 1. The van der Waals surface area contributed by atoms with Gasteiger partial charge in [0.1, 0.15) is 6.73 Å². The van der Waals surface area contributed by atoms with Crippen molar-refractivity contribution in [2.45, 2.75) is 11.1 Å². The number of hydrogen-bond acceptors (Lipinski definition) is 7. The molecule has 18 heavy (non-hydrogen) atoms. The molecule has 0 radical (unpaired) electrons. The molecule has 1 amide bonds. The largest absolute Gasteiger partial charge is 0.395 e. The maximum Gasteiger partial charge on any atom is 0.277 e. The van der Waals surface area contributed by atoms with E-state index in [1.54, 1.807) is 0 Å². The summed E-state index contributed by atoms with van der Waals surface area (Å²) >= 11 is 0.636. The molecular weight excluding hydrogens is 282 g/mol. The number of nitrogens with zero attached hydrogens (tertiary/aromatic N) is 2. The van der Waals surface area contributed by atoms with Gasteiger partial charge in [-0.1, -0.05) is 11.3 Å². The second-order valence-electron chi connectivity index (χ2n) is 3.30. The zero-order valence-corrected chi connectivity index (χ0v) is 11.2. The minimum absolute atomic E-state index is 0.118. The molecule has 0 spiro atoms. The van der Waals surface area contributed by atoms with E-state index in [1.807, 2.05) is 0 Å². The van der Waals surface area contributed by atoms with Crippen molar-refractivity contribution in [1.82, 2.24) is 9.29 Å². The lowest BCUT2D eigenvalue weighted by Gasteiger charge is -2.17. The van der Waals surface area contributed by atoms with E-state index in [9.17, 15) is 13.2 Å². The van der Waals surface area contributed by atoms with Gasteiger partial charge in [-0.2, -0.15) is 4.31 Å². The van der Waals surface area contributed by atoms with Crippen molar-refractivity contribution in [3.8, 4) is 0 Å². The van der Waals surface area contributed by atoms with E-state index >= 15 is 0 Å². The molecule has 0 fully saturated rings. The van der Waals surface area contributed by atoms with Crippen molar-refractivity contribution >= 4 is 27.3 Å². The maximum absolute atomic E-state index is 12.1. The Morgan fingerprint density at radius 1 is 1.50 bits per heavy atom. The highest BCUT2D eigenvalue weighted by molar-refractivity contribution is 7.91. The van der Waals surface area contributed by atoms with Crippen LogP contribution < -0.4 is 5.73 Å². The van der Waals surface area contributed by atoms with Crippen LogP contribution in [0.25, 0.3) is 0 Å². The summed E-state index contributed by atoms with van der Waals surface area (Å²) in [6, 6.07) is 0. The molecule has 0 atom stereocenters. The number of aliphatic hydroxyl groups excluding tert-OH is 2. The fraction of sp³-hybridized carbons (Fsp3) is 0.500. The maximum atomic E-state index is 12.1. The molecule has 1 rings (SSSR count). The second-order valence-corrected chi connectivity index (χ2v) is 6.43. The van der Waals surface area contributed by atoms with Crippen LogP contribution in [-0.4, -0.2) is 53.7 Å². The van der Waals surface area contributed by atoms with Gasteiger partial charge in [0.2, 0.25) is 0 Å². The van der Waals surface area contributed by atoms with E-state index in [1.165, 1.54) is 6.92 Å². The molecule has 10 heteroatoms. The summed E-state index contributed by atoms with van der Waals surface area (Å²) in [5, 5.41) is 17.6. The van der Waals surface area contributed by atoms with Gasteiger partial charge in [-0.05, 0) is 6.92 Å². The van der Waals surface area contributed by atoms with Crippen LogP contribution in [0.1, 0.15) is 15.5 Å². The molecule has 0 aliphatic heterocycles. The third kappa shape index (κ3) is 2.84. The van der Waals surface area contributed by atoms with Crippen molar-refractivity contribution in [2.75, 3.05) is 19.9 Å². The van der Waals surface area contributed by atoms with Crippen molar-refractivity contribution in [1.29, 1.82) is 0 Å². The van der Waals surface area contributed by atoms with E-state index in [2.05, 4.69) is 4.98 Å². The second kappa shape index (κ2) is 5.71. The molecule has 0 saturated carbocycles. The van der Waals surface area contributed by atoms with E-state index in [0.29, 0.717) is 15.6 Å². The first-order valence-corrected chi connectivity index (χ1v) is 7.09. The van der Waals surface area contributed by atoms with Crippen molar-refractivity contribution in [3.63, 3.8) is 0 Å². The number of hydrogen-bond donors (Lipinski definition) is 3. The van der Waals surface area contributed by atoms with Crippen molar-refractivity contribution in [2.24, 2.45) is 5.73 Å². The molecule has 0 bridgehead atoms. The van der Waals surface area contributed by atoms with Gasteiger partial charge in [0.05, 0.1) is 12.3 Å². The van der Waals surface area contributed by atoms with Gasteiger partial charge in [-0.3, -0.25) is 4.79 Å². The fourth-order valence-electron chi connectivity index (χ4n) is 1.22. The van der Waals surface area contributed by atoms with Gasteiger partial charge < -0.3 is 15.9 Å². The number of rotatable bonds is 6. The van der Waals surface area contributed by atoms with Crippen molar-refractivity contribution < 1.29 is 23.4 Å². The highest BCUT2D eigenvalue weighted by Gasteiger charge is 2.29. The summed E-state index contributed by atoms with van der Waals surface area (Å²) in [5.41, 5.74) is 5.15. The van der Waals surface area contributed by atoms with E-state index in [-0.39, 0.29) is 21.5 Å². The summed E-state index contributed by atoms with van der Waals surface area (Å²) < 4.78 is 24.7. The Hall–Kier alpha value is -1.07. The highest BCUT2D eigenvalue weighted by Crippen LogP contribution is 2.26. The molecule has 0 saturated heterocycles. The smallest absolute Gasteiger partial charge is 0.277 e. The van der Waals surface area contributed by atoms with E-state index in [4.69, 9.17) is 15.9 Å². The number of primary amides is 1. The van der Waals surface area contributed by atoms with Crippen LogP contribution in [0, 0.1) is 6.92 Å². The first kappa shape index (κ1) is 15.0. The summed E-state index contributed by atoms with van der Waals surface area (Å²) in [7, 11) is -3.99. The van der Waals surface area contributed by atoms with Crippen molar-refractivity contribution in [3.05, 3.63) is 10.7 Å². The minimum atomic E-state index is -3.99.